The third-order valence-corrected chi connectivity index (χ3v) is 8.74. The highest BCUT2D eigenvalue weighted by Gasteiger charge is 2.53. The Bertz CT molecular complexity index is 1900. The van der Waals surface area contributed by atoms with Crippen LogP contribution in [0.2, 0.25) is 0 Å². The molecule has 1 heterocycles. The molecule has 1 aliphatic heterocycles. The van der Waals surface area contributed by atoms with Crippen molar-refractivity contribution in [2.24, 2.45) is 0 Å². The van der Waals surface area contributed by atoms with Crippen LogP contribution in [0.4, 0.5) is 4.79 Å². The summed E-state index contributed by atoms with van der Waals surface area (Å²) in [5.74, 6) is -5.29. The summed E-state index contributed by atoms with van der Waals surface area (Å²) in [5, 5.41) is 5.63. The maximum absolute atomic E-state index is 13.3. The molecule has 3 rings (SSSR count). The molecule has 0 aliphatic carbocycles. The van der Waals surface area contributed by atoms with Crippen molar-refractivity contribution in [3.8, 4) is 17.2 Å². The molecular weight excluding hydrogens is 872 g/mol. The molecule has 2 aromatic rings. The number of halogens is 1. The minimum Gasteiger partial charge on any atom is -0.463 e. The number of hydrogen-bond donors (Lipinski definition) is 2. The number of benzene rings is 2. The van der Waals surface area contributed by atoms with Crippen molar-refractivity contribution in [1.29, 1.82) is 0 Å². The lowest BCUT2D eigenvalue weighted by Gasteiger charge is -2.43. The molecule has 0 radical (unpaired) electrons. The molecule has 1 aliphatic rings. The van der Waals surface area contributed by atoms with Gasteiger partial charge < -0.3 is 56.9 Å². The van der Waals surface area contributed by atoms with E-state index >= 15 is 0 Å². The zero-order valence-corrected chi connectivity index (χ0v) is 35.7. The molecular formula is C37H47BrN2O18S. The fourth-order valence-electron chi connectivity index (χ4n) is 5.08. The van der Waals surface area contributed by atoms with Crippen molar-refractivity contribution in [3.05, 3.63) is 53.6 Å². The lowest BCUT2D eigenvalue weighted by atomic mass is 9.98. The molecule has 326 valence electrons. The minimum atomic E-state index is -4.96. The summed E-state index contributed by atoms with van der Waals surface area (Å²) in [6.07, 6.45) is -8.61. The number of alkyl halides is 1. The minimum absolute atomic E-state index is 0.00371. The molecule has 1 unspecified atom stereocenters. The highest BCUT2D eigenvalue weighted by atomic mass is 79.9. The van der Waals surface area contributed by atoms with Gasteiger partial charge in [0, 0.05) is 51.7 Å². The first-order valence-corrected chi connectivity index (χ1v) is 20.3. The largest absolute Gasteiger partial charge is 0.501 e. The summed E-state index contributed by atoms with van der Waals surface area (Å²) >= 11 is 3.30. The van der Waals surface area contributed by atoms with E-state index in [0.29, 0.717) is 5.33 Å². The molecule has 0 saturated carbocycles. The van der Waals surface area contributed by atoms with Crippen LogP contribution in [0.15, 0.2) is 42.5 Å². The van der Waals surface area contributed by atoms with E-state index in [0.717, 1.165) is 45.4 Å². The normalized spacial score (nSPS) is 18.9. The number of hydrogen-bond acceptors (Lipinski definition) is 18. The third kappa shape index (κ3) is 16.9. The Balaban J connectivity index is 1.93. The van der Waals surface area contributed by atoms with Gasteiger partial charge in [-0.1, -0.05) is 28.1 Å². The Labute approximate surface area is 349 Å². The van der Waals surface area contributed by atoms with Crippen molar-refractivity contribution in [2.45, 2.75) is 90.1 Å². The first-order valence-electron chi connectivity index (χ1n) is 17.9. The summed E-state index contributed by atoms with van der Waals surface area (Å²) < 4.78 is 80.9. The van der Waals surface area contributed by atoms with Crippen molar-refractivity contribution >= 4 is 62.2 Å². The number of rotatable bonds is 19. The van der Waals surface area contributed by atoms with Crippen LogP contribution in [0, 0.1) is 0 Å². The number of ether oxygens (including phenoxy) is 8. The second-order valence-corrected chi connectivity index (χ2v) is 15.2. The van der Waals surface area contributed by atoms with Crippen molar-refractivity contribution in [3.63, 3.8) is 0 Å². The summed E-state index contributed by atoms with van der Waals surface area (Å²) in [7, 11) is -4.96. The number of nitrogens with one attached hydrogen (secondary N) is 2. The van der Waals surface area contributed by atoms with Gasteiger partial charge in [0.2, 0.25) is 12.4 Å². The van der Waals surface area contributed by atoms with Crippen LogP contribution in [-0.4, -0.2) is 114 Å². The van der Waals surface area contributed by atoms with Crippen molar-refractivity contribution in [2.75, 3.05) is 32.9 Å². The number of alkyl carbamates (subject to hydrolysis) is 1. The number of carbonyl (C=O) groups is 6. The van der Waals surface area contributed by atoms with E-state index in [9.17, 15) is 37.2 Å². The van der Waals surface area contributed by atoms with Crippen LogP contribution in [0.25, 0.3) is 0 Å². The molecule has 1 saturated heterocycles. The molecule has 1 fully saturated rings. The van der Waals surface area contributed by atoms with Gasteiger partial charge in [-0.2, -0.15) is 0 Å². The first-order chi connectivity index (χ1) is 27.7. The van der Waals surface area contributed by atoms with Gasteiger partial charge in [0.25, 0.3) is 5.91 Å². The van der Waals surface area contributed by atoms with Gasteiger partial charge in [-0.15, -0.1) is 8.42 Å². The Morgan fingerprint density at radius 1 is 0.746 bits per heavy atom. The average Bonchev–Trinajstić information content (AvgIpc) is 3.12. The molecule has 2 N–H and O–H groups in total. The summed E-state index contributed by atoms with van der Waals surface area (Å²) in [5.41, 5.74) is 0.0200. The first kappa shape index (κ1) is 48.2. The van der Waals surface area contributed by atoms with Gasteiger partial charge in [0.05, 0.1) is 13.2 Å². The van der Waals surface area contributed by atoms with Gasteiger partial charge in [-0.25, -0.2) is 4.79 Å². The van der Waals surface area contributed by atoms with Crippen LogP contribution in [0.3, 0.4) is 0 Å². The van der Waals surface area contributed by atoms with Gasteiger partial charge in [0.15, 0.2) is 23.7 Å². The molecule has 22 heteroatoms. The summed E-state index contributed by atoms with van der Waals surface area (Å²) in [6, 6.07) is 9.35. The van der Waals surface area contributed by atoms with Crippen LogP contribution in [0.1, 0.15) is 64.4 Å². The highest BCUT2D eigenvalue weighted by molar-refractivity contribution is 9.08. The molecule has 0 aromatic heterocycles. The second-order valence-electron chi connectivity index (χ2n) is 13.5. The number of carbonyl (C=O) groups excluding carboxylic acids is 6. The molecule has 20 nitrogen and oxygen atoms in total. The van der Waals surface area contributed by atoms with Crippen molar-refractivity contribution in [1.82, 2.24) is 10.6 Å². The zero-order valence-electron chi connectivity index (χ0n) is 33.3. The lowest BCUT2D eigenvalue weighted by molar-refractivity contribution is -0.288. The average molecular weight is 920 g/mol. The summed E-state index contributed by atoms with van der Waals surface area (Å²) in [6.45, 7) is 9.09. The fourth-order valence-corrected chi connectivity index (χ4v) is 6.18. The van der Waals surface area contributed by atoms with Crippen LogP contribution in [-0.2, 0) is 68.1 Å². The Morgan fingerprint density at radius 2 is 1.34 bits per heavy atom. The van der Waals surface area contributed by atoms with E-state index in [1.165, 1.54) is 18.2 Å². The van der Waals surface area contributed by atoms with Gasteiger partial charge in [0.1, 0.15) is 24.1 Å². The quantitative estimate of drug-likeness (QED) is 0.0889. The zero-order chi connectivity index (χ0) is 43.9. The lowest BCUT2D eigenvalue weighted by Crippen LogP contribution is -2.63. The monoisotopic (exact) mass is 918 g/mol. The van der Waals surface area contributed by atoms with E-state index in [1.807, 2.05) is 0 Å². The molecule has 2 aromatic carbocycles. The van der Waals surface area contributed by atoms with Gasteiger partial charge >= 0.3 is 40.4 Å². The smallest absolute Gasteiger partial charge is 0.463 e. The predicted molar refractivity (Wildman–Crippen MR) is 206 cm³/mol. The maximum Gasteiger partial charge on any atom is 0.501 e. The van der Waals surface area contributed by atoms with E-state index < -0.39 is 101 Å². The molecule has 59 heavy (non-hydrogen) atoms. The van der Waals surface area contributed by atoms with Gasteiger partial charge in [-0.05, 0) is 56.7 Å². The standard InChI is InChI=1S/C37H47BrN2O18S/c1-21(41)50-20-30-31(51-22(2)42)32(52-23(3)43)33(53-24(4)44)35(55-30)54-28-13-10-26(34(45)39-14-16-49-17-15-40-36(46)56-37(5,6)7)18-29(28)58-59(47,48)57-27-11-8-25(19-38)9-12-27/h8-13,18,30-33,35H,14-17,19-20H2,1-7H3,(H,39,45)(H,40,46)/t30-,31+,32+,33-,35?/m1/s1. The highest BCUT2D eigenvalue weighted by Crippen LogP contribution is 2.36. The fraction of sp³-hybridized carbons (Fsp3) is 0.514. The summed E-state index contributed by atoms with van der Waals surface area (Å²) in [4.78, 5) is 73.5. The van der Waals surface area contributed by atoms with Crippen LogP contribution < -0.4 is 23.7 Å². The Hall–Kier alpha value is -5.19. The Kier molecular flexibility index (Phi) is 18.2. The van der Waals surface area contributed by atoms with E-state index in [1.54, 1.807) is 32.9 Å². The maximum atomic E-state index is 13.3. The predicted octanol–water partition coefficient (Wildman–Crippen LogP) is 3.02. The van der Waals surface area contributed by atoms with E-state index in [4.69, 9.17) is 46.3 Å². The Morgan fingerprint density at radius 3 is 1.92 bits per heavy atom. The number of amides is 2. The van der Waals surface area contributed by atoms with Crippen molar-refractivity contribution < 1.29 is 83.4 Å². The molecule has 0 bridgehead atoms. The molecule has 5 atom stereocenters. The van der Waals surface area contributed by atoms with Gasteiger partial charge in [-0.3, -0.25) is 24.0 Å². The number of esters is 4. The second kappa shape index (κ2) is 22.3. The molecule has 0 spiro atoms. The van der Waals surface area contributed by atoms with Crippen LogP contribution in [0.5, 0.6) is 17.2 Å². The SMILES string of the molecule is CC(=O)OC[C@H]1OC(Oc2ccc(C(=O)NCCOCCNC(=O)OC(C)(C)C)cc2OS(=O)(=O)Oc2ccc(CBr)cc2)[C@H](OC(C)=O)[C@@H](OC(C)=O)[C@H]1OC(C)=O. The van der Waals surface area contributed by atoms with E-state index in [2.05, 4.69) is 26.6 Å². The topological polar surface area (TPSA) is 253 Å². The van der Waals surface area contributed by atoms with E-state index in [-0.39, 0.29) is 37.6 Å². The van der Waals surface area contributed by atoms with Crippen LogP contribution >= 0.6 is 15.9 Å². The molecule has 2 amide bonds. The third-order valence-electron chi connectivity index (χ3n) is 7.31.